The van der Waals surface area contributed by atoms with Crippen molar-refractivity contribution in [1.29, 1.82) is 0 Å². The summed E-state index contributed by atoms with van der Waals surface area (Å²) in [5.74, 6) is -1.44. The first-order valence-electron chi connectivity index (χ1n) is 7.08. The van der Waals surface area contributed by atoms with Crippen molar-refractivity contribution in [2.45, 2.75) is 25.7 Å². The first-order chi connectivity index (χ1) is 10.00. The van der Waals surface area contributed by atoms with Gasteiger partial charge in [0.15, 0.2) is 0 Å². The van der Waals surface area contributed by atoms with E-state index >= 15 is 0 Å². The van der Waals surface area contributed by atoms with E-state index in [1.165, 1.54) is 31.7 Å². The summed E-state index contributed by atoms with van der Waals surface area (Å²) >= 11 is 0. The van der Waals surface area contributed by atoms with E-state index in [-0.39, 0.29) is 11.7 Å². The van der Waals surface area contributed by atoms with Crippen LogP contribution in [0.3, 0.4) is 0 Å². The summed E-state index contributed by atoms with van der Waals surface area (Å²) in [4.78, 5) is 22.5. The number of halogens is 1. The molecule has 0 bridgehead atoms. The van der Waals surface area contributed by atoms with Crippen molar-refractivity contribution in [3.05, 3.63) is 29.6 Å². The maximum atomic E-state index is 13.5. The Kier molecular flexibility index (Phi) is 3.31. The minimum Gasteiger partial charge on any atom is -0.478 e. The van der Waals surface area contributed by atoms with Crippen LogP contribution in [0.25, 0.3) is 0 Å². The van der Waals surface area contributed by atoms with Crippen LogP contribution >= 0.6 is 0 Å². The summed E-state index contributed by atoms with van der Waals surface area (Å²) in [5, 5.41) is 14.1. The first-order valence-corrected chi connectivity index (χ1v) is 7.08. The molecule has 6 heteroatoms. The third kappa shape index (κ3) is 2.99. The molecular formula is C15H17FN2O3. The lowest BCUT2D eigenvalue weighted by atomic mass is 10.0. The van der Waals surface area contributed by atoms with Gasteiger partial charge in [0.1, 0.15) is 5.82 Å². The minimum atomic E-state index is -1.33. The Hall–Kier alpha value is -2.11. The van der Waals surface area contributed by atoms with Gasteiger partial charge in [0.25, 0.3) is 0 Å². The highest BCUT2D eigenvalue weighted by Gasteiger charge is 2.53. The Labute approximate surface area is 121 Å². The maximum absolute atomic E-state index is 13.5. The second-order valence-electron chi connectivity index (χ2n) is 5.94. The number of carboxylic acid groups (broad SMARTS) is 1. The summed E-state index contributed by atoms with van der Waals surface area (Å²) in [6, 6.07) is 3.14. The number of amides is 2. The van der Waals surface area contributed by atoms with Crippen LogP contribution in [0.1, 0.15) is 36.0 Å². The highest BCUT2D eigenvalue weighted by Crippen LogP contribution is 2.60. The Morgan fingerprint density at radius 3 is 2.57 bits per heavy atom. The van der Waals surface area contributed by atoms with Gasteiger partial charge in [0.05, 0.1) is 5.56 Å². The maximum Gasteiger partial charge on any atom is 0.338 e. The fraction of sp³-hybridized carbons (Fsp3) is 0.467. The second kappa shape index (κ2) is 5.02. The van der Waals surface area contributed by atoms with Crippen LogP contribution in [0.5, 0.6) is 0 Å². The summed E-state index contributed by atoms with van der Waals surface area (Å²) in [5.41, 5.74) is 0.133. The van der Waals surface area contributed by atoms with Crippen molar-refractivity contribution in [3.8, 4) is 0 Å². The molecule has 3 N–H and O–H groups in total. The van der Waals surface area contributed by atoms with E-state index in [0.29, 0.717) is 12.0 Å². The van der Waals surface area contributed by atoms with Crippen molar-refractivity contribution in [3.63, 3.8) is 0 Å². The van der Waals surface area contributed by atoms with Gasteiger partial charge in [-0.3, -0.25) is 0 Å². The molecule has 2 saturated carbocycles. The number of rotatable bonds is 5. The lowest BCUT2D eigenvalue weighted by Crippen LogP contribution is -2.34. The van der Waals surface area contributed by atoms with Crippen LogP contribution in [-0.2, 0) is 0 Å². The molecule has 0 saturated heterocycles. The smallest absolute Gasteiger partial charge is 0.338 e. The number of urea groups is 1. The fourth-order valence-corrected chi connectivity index (χ4v) is 2.78. The molecule has 0 spiro atoms. The van der Waals surface area contributed by atoms with Gasteiger partial charge in [0, 0.05) is 12.2 Å². The molecule has 2 aliphatic rings. The SMILES string of the molecule is O=C(NCC1(C2CC2)CC1)Nc1ccc(C(=O)O)c(F)c1. The number of anilines is 1. The van der Waals surface area contributed by atoms with Gasteiger partial charge < -0.3 is 15.7 Å². The molecule has 5 nitrogen and oxygen atoms in total. The summed E-state index contributed by atoms with van der Waals surface area (Å²) in [6.45, 7) is 0.652. The second-order valence-corrected chi connectivity index (χ2v) is 5.94. The summed E-state index contributed by atoms with van der Waals surface area (Å²) in [6.07, 6.45) is 4.84. The molecule has 0 atom stereocenters. The number of benzene rings is 1. The molecule has 0 unspecified atom stereocenters. The van der Waals surface area contributed by atoms with E-state index in [4.69, 9.17) is 5.11 Å². The molecule has 0 radical (unpaired) electrons. The largest absolute Gasteiger partial charge is 0.478 e. The predicted octanol–water partition coefficient (Wildman–Crippen LogP) is 2.84. The molecule has 0 aromatic heterocycles. The number of hydrogen-bond donors (Lipinski definition) is 3. The molecule has 2 amide bonds. The van der Waals surface area contributed by atoms with Gasteiger partial charge in [0.2, 0.25) is 0 Å². The summed E-state index contributed by atoms with van der Waals surface area (Å²) < 4.78 is 13.5. The number of carbonyl (C=O) groups is 2. The van der Waals surface area contributed by atoms with E-state index in [2.05, 4.69) is 10.6 Å². The minimum absolute atomic E-state index is 0.242. The lowest BCUT2D eigenvalue weighted by molar-refractivity contribution is 0.0692. The number of aromatic carboxylic acids is 1. The zero-order chi connectivity index (χ0) is 15.0. The van der Waals surface area contributed by atoms with Gasteiger partial charge in [-0.05, 0) is 55.2 Å². The Morgan fingerprint density at radius 2 is 2.05 bits per heavy atom. The number of hydrogen-bond acceptors (Lipinski definition) is 2. The average Bonchev–Trinajstić information content (AvgIpc) is 3.28. The van der Waals surface area contributed by atoms with Crippen LogP contribution in [0.15, 0.2) is 18.2 Å². The van der Waals surface area contributed by atoms with Crippen molar-refractivity contribution in [2.24, 2.45) is 11.3 Å². The van der Waals surface area contributed by atoms with Gasteiger partial charge in [-0.2, -0.15) is 0 Å². The van der Waals surface area contributed by atoms with Crippen molar-refractivity contribution >= 4 is 17.7 Å². The van der Waals surface area contributed by atoms with Crippen molar-refractivity contribution in [1.82, 2.24) is 5.32 Å². The van der Waals surface area contributed by atoms with Gasteiger partial charge in [-0.25, -0.2) is 14.0 Å². The molecule has 3 rings (SSSR count). The van der Waals surface area contributed by atoms with E-state index < -0.39 is 17.3 Å². The molecule has 21 heavy (non-hydrogen) atoms. The predicted molar refractivity (Wildman–Crippen MR) is 74.8 cm³/mol. The zero-order valence-electron chi connectivity index (χ0n) is 11.5. The monoisotopic (exact) mass is 292 g/mol. The zero-order valence-corrected chi connectivity index (χ0v) is 11.5. The highest BCUT2D eigenvalue weighted by atomic mass is 19.1. The van der Waals surface area contributed by atoms with Gasteiger partial charge >= 0.3 is 12.0 Å². The van der Waals surface area contributed by atoms with E-state index in [1.807, 2.05) is 0 Å². The Morgan fingerprint density at radius 1 is 1.33 bits per heavy atom. The summed E-state index contributed by atoms with van der Waals surface area (Å²) in [7, 11) is 0. The Balaban J connectivity index is 1.55. The molecule has 1 aromatic rings. The van der Waals surface area contributed by atoms with Crippen LogP contribution < -0.4 is 10.6 Å². The first kappa shape index (κ1) is 13.9. The van der Waals surface area contributed by atoms with E-state index in [1.54, 1.807) is 0 Å². The average molecular weight is 292 g/mol. The normalized spacial score (nSPS) is 18.9. The van der Waals surface area contributed by atoms with Gasteiger partial charge in [-0.1, -0.05) is 0 Å². The topological polar surface area (TPSA) is 78.4 Å². The number of nitrogens with one attached hydrogen (secondary N) is 2. The quantitative estimate of drug-likeness (QED) is 0.781. The molecule has 112 valence electrons. The molecule has 2 fully saturated rings. The van der Waals surface area contributed by atoms with Crippen molar-refractivity contribution < 1.29 is 19.1 Å². The van der Waals surface area contributed by atoms with E-state index in [9.17, 15) is 14.0 Å². The Bertz CT molecular complexity index is 595. The molecule has 0 heterocycles. The molecule has 2 aliphatic carbocycles. The third-order valence-electron chi connectivity index (χ3n) is 4.39. The van der Waals surface area contributed by atoms with Crippen LogP contribution in [0.4, 0.5) is 14.9 Å². The number of carboxylic acids is 1. The third-order valence-corrected chi connectivity index (χ3v) is 4.39. The van der Waals surface area contributed by atoms with E-state index in [0.717, 1.165) is 18.1 Å². The highest BCUT2D eigenvalue weighted by molar-refractivity contribution is 5.91. The number of carbonyl (C=O) groups excluding carboxylic acids is 1. The standard InChI is InChI=1S/C15H17FN2O3/c16-12-7-10(3-4-11(12)13(19)20)18-14(21)17-8-15(5-6-15)9-1-2-9/h3-4,7,9H,1-2,5-6,8H2,(H,19,20)(H2,17,18,21). The van der Waals surface area contributed by atoms with Crippen LogP contribution in [0.2, 0.25) is 0 Å². The van der Waals surface area contributed by atoms with Crippen LogP contribution in [0, 0.1) is 17.2 Å². The molecule has 0 aliphatic heterocycles. The van der Waals surface area contributed by atoms with Crippen molar-refractivity contribution in [2.75, 3.05) is 11.9 Å². The molecule has 1 aromatic carbocycles. The lowest BCUT2D eigenvalue weighted by Gasteiger charge is -2.15. The van der Waals surface area contributed by atoms with Gasteiger partial charge in [-0.15, -0.1) is 0 Å². The van der Waals surface area contributed by atoms with Crippen LogP contribution in [-0.4, -0.2) is 23.7 Å². The fourth-order valence-electron chi connectivity index (χ4n) is 2.78. The molecular weight excluding hydrogens is 275 g/mol.